The molecule has 2 aliphatic heterocycles. The molecule has 8 N–H and O–H groups in total. The molecule has 4 heterocycles. The SMILES string of the molecule is C[NH+](C)CCc1c[nH]c2ccc(C[C@H]3COC(=O)N3)cc12.C[NH+](C)CCc1c[nH]c2ccc(C[C@H]3COC(=O)N3)cc12.O=C([O-])C(=O)O.O=C([O-])C(=O)O. The van der Waals surface area contributed by atoms with E-state index < -0.39 is 23.9 Å². The number of carbonyl (C=O) groups excluding carboxylic acids is 4. The summed E-state index contributed by atoms with van der Waals surface area (Å²) in [5, 5.41) is 40.9. The number of carboxylic acid groups (broad SMARTS) is 4. The van der Waals surface area contributed by atoms with E-state index >= 15 is 0 Å². The van der Waals surface area contributed by atoms with E-state index in [2.05, 4.69) is 97.6 Å². The van der Waals surface area contributed by atoms with Crippen LogP contribution in [0, 0.1) is 0 Å². The van der Waals surface area contributed by atoms with Crippen molar-refractivity contribution < 1.29 is 68.5 Å². The van der Waals surface area contributed by atoms with Gasteiger partial charge in [0.15, 0.2) is 11.9 Å². The highest BCUT2D eigenvalue weighted by atomic mass is 16.6. The minimum atomic E-state index is -2.07. The minimum absolute atomic E-state index is 0.0866. The lowest BCUT2D eigenvalue weighted by Crippen LogP contribution is -3.05. The first-order valence-electron chi connectivity index (χ1n) is 17.0. The van der Waals surface area contributed by atoms with Crippen LogP contribution in [0.4, 0.5) is 9.59 Å². The van der Waals surface area contributed by atoms with Crippen LogP contribution < -0.4 is 30.6 Å². The molecular weight excluding hydrogens is 708 g/mol. The second-order valence-corrected chi connectivity index (χ2v) is 13.3. The number of carboxylic acids is 4. The van der Waals surface area contributed by atoms with Gasteiger partial charge in [0.1, 0.15) is 13.2 Å². The quantitative estimate of drug-likeness (QED) is 0.0739. The molecule has 6 rings (SSSR count). The van der Waals surface area contributed by atoms with Gasteiger partial charge in [0.2, 0.25) is 0 Å². The van der Waals surface area contributed by atoms with Crippen LogP contribution >= 0.6 is 0 Å². The average Bonchev–Trinajstić information content (AvgIpc) is 3.91. The Balaban J connectivity index is 0.000000224. The second-order valence-electron chi connectivity index (χ2n) is 13.3. The number of hydrogen-bond donors (Lipinski definition) is 8. The third-order valence-electron chi connectivity index (χ3n) is 8.24. The molecule has 4 aromatic rings. The molecule has 2 amide bonds. The first kappa shape index (κ1) is 42.3. The van der Waals surface area contributed by atoms with E-state index in [1.54, 1.807) is 0 Å². The molecule has 0 bridgehead atoms. The summed E-state index contributed by atoms with van der Waals surface area (Å²) >= 11 is 0. The smallest absolute Gasteiger partial charge is 0.407 e. The van der Waals surface area contributed by atoms with Crippen LogP contribution in [0.3, 0.4) is 0 Å². The number of rotatable bonds is 10. The maximum Gasteiger partial charge on any atom is 0.407 e. The molecule has 2 aromatic carbocycles. The fourth-order valence-corrected chi connectivity index (χ4v) is 5.53. The number of hydrogen-bond acceptors (Lipinski definition) is 10. The van der Waals surface area contributed by atoms with Crippen molar-refractivity contribution in [2.45, 2.75) is 37.8 Å². The van der Waals surface area contributed by atoms with E-state index in [1.807, 2.05) is 0 Å². The van der Waals surface area contributed by atoms with Gasteiger partial charge in [0.05, 0.1) is 53.4 Å². The molecule has 54 heavy (non-hydrogen) atoms. The normalized spacial score (nSPS) is 15.8. The highest BCUT2D eigenvalue weighted by Crippen LogP contribution is 2.22. The van der Waals surface area contributed by atoms with Gasteiger partial charge < -0.3 is 69.9 Å². The monoisotopic (exact) mass is 754 g/mol. The van der Waals surface area contributed by atoms with Gasteiger partial charge in [-0.1, -0.05) is 12.1 Å². The number of H-pyrrole nitrogens is 2. The van der Waals surface area contributed by atoms with E-state index in [0.29, 0.717) is 13.2 Å². The highest BCUT2D eigenvalue weighted by Gasteiger charge is 2.23. The lowest BCUT2D eigenvalue weighted by molar-refractivity contribution is -0.858. The Labute approximate surface area is 310 Å². The zero-order valence-electron chi connectivity index (χ0n) is 30.4. The van der Waals surface area contributed by atoms with Gasteiger partial charge in [-0.15, -0.1) is 0 Å². The van der Waals surface area contributed by atoms with Crippen LogP contribution in [0.25, 0.3) is 21.8 Å². The largest absolute Gasteiger partial charge is 0.539 e. The molecule has 18 nitrogen and oxygen atoms in total. The van der Waals surface area contributed by atoms with Crippen molar-refractivity contribution in [3.05, 3.63) is 71.0 Å². The average molecular weight is 755 g/mol. The maximum absolute atomic E-state index is 11.1. The summed E-state index contributed by atoms with van der Waals surface area (Å²) in [5.41, 5.74) is 7.54. The number of nitrogens with one attached hydrogen (secondary N) is 6. The number of ether oxygens (including phenoxy) is 2. The molecule has 2 aliphatic rings. The number of aromatic amines is 2. The standard InChI is InChI=1S/2C16H21N3O2.2C2H2O4/c2*1-19(2)6-5-12-9-17-15-4-3-11(8-14(12)15)7-13-10-21-16(20)18-13;2*3-1(4)2(5)6/h2*3-4,8-9,13,17H,5-7,10H2,1-2H3,(H,18,20);2*(H,3,4)(H,5,6)/t2*13-;;/m00../s1. The second kappa shape index (κ2) is 20.2. The Hall–Kier alpha value is -6.14. The van der Waals surface area contributed by atoms with Gasteiger partial charge >= 0.3 is 24.1 Å². The van der Waals surface area contributed by atoms with Gasteiger partial charge in [0.25, 0.3) is 0 Å². The summed E-state index contributed by atoms with van der Waals surface area (Å²) in [5.74, 6) is -8.02. The lowest BCUT2D eigenvalue weighted by atomic mass is 10.0. The van der Waals surface area contributed by atoms with E-state index in [9.17, 15) is 9.59 Å². The van der Waals surface area contributed by atoms with Crippen LogP contribution in [0.2, 0.25) is 0 Å². The van der Waals surface area contributed by atoms with E-state index in [1.165, 1.54) is 53.9 Å². The van der Waals surface area contributed by atoms with Gasteiger partial charge in [-0.2, -0.15) is 0 Å². The predicted octanol–water partition coefficient (Wildman–Crippen LogP) is -3.35. The molecule has 0 radical (unpaired) electrons. The summed E-state index contributed by atoms with van der Waals surface area (Å²) in [7, 11) is 8.68. The van der Waals surface area contributed by atoms with E-state index in [-0.39, 0.29) is 24.3 Å². The molecule has 2 fully saturated rings. The number of cyclic esters (lactones) is 2. The zero-order chi connectivity index (χ0) is 39.9. The van der Waals surface area contributed by atoms with Crippen LogP contribution in [0.5, 0.6) is 0 Å². The first-order valence-corrected chi connectivity index (χ1v) is 17.0. The number of aromatic nitrogens is 2. The molecule has 0 unspecified atom stereocenters. The number of benzene rings is 2. The summed E-state index contributed by atoms with van der Waals surface area (Å²) in [6.07, 6.45) is 7.35. The number of quaternary nitrogens is 2. The van der Waals surface area contributed by atoms with Gasteiger partial charge in [-0.3, -0.25) is 0 Å². The number of alkyl carbamates (subject to hydrolysis) is 2. The molecule has 0 aliphatic carbocycles. The van der Waals surface area contributed by atoms with Crippen molar-refractivity contribution in [1.82, 2.24) is 20.6 Å². The predicted molar refractivity (Wildman–Crippen MR) is 189 cm³/mol. The van der Waals surface area contributed by atoms with Crippen LogP contribution in [-0.2, 0) is 54.3 Å². The number of likely N-dealkylation sites (N-methyl/N-ethyl adjacent to an activating group) is 2. The van der Waals surface area contributed by atoms with Gasteiger partial charge in [0, 0.05) is 47.0 Å². The topological polar surface area (TPSA) is 272 Å². The van der Waals surface area contributed by atoms with Crippen molar-refractivity contribution in [2.75, 3.05) is 54.5 Å². The first-order chi connectivity index (χ1) is 25.5. The van der Waals surface area contributed by atoms with Gasteiger partial charge in [-0.25, -0.2) is 19.2 Å². The molecule has 292 valence electrons. The summed E-state index contributed by atoms with van der Waals surface area (Å²) in [4.78, 5) is 67.8. The molecule has 0 saturated carbocycles. The Bertz CT molecular complexity index is 1770. The Kier molecular flexibility index (Phi) is 15.8. The van der Waals surface area contributed by atoms with Crippen molar-refractivity contribution in [3.63, 3.8) is 0 Å². The van der Waals surface area contributed by atoms with Crippen LogP contribution in [0.15, 0.2) is 48.8 Å². The van der Waals surface area contributed by atoms with E-state index in [4.69, 9.17) is 49.1 Å². The highest BCUT2D eigenvalue weighted by molar-refractivity contribution is 6.26. The van der Waals surface area contributed by atoms with Crippen molar-refractivity contribution in [3.8, 4) is 0 Å². The van der Waals surface area contributed by atoms with Crippen molar-refractivity contribution >= 4 is 57.9 Å². The van der Waals surface area contributed by atoms with Crippen LogP contribution in [-0.4, -0.2) is 123 Å². The lowest BCUT2D eigenvalue weighted by Gasteiger charge is -2.09. The molecule has 2 saturated heterocycles. The fraction of sp³-hybridized carbons (Fsp3) is 0.389. The number of aliphatic carboxylic acids is 4. The third kappa shape index (κ3) is 13.8. The number of carbonyl (C=O) groups is 6. The number of amides is 2. The van der Waals surface area contributed by atoms with Crippen molar-refractivity contribution in [1.29, 1.82) is 0 Å². The molecule has 18 heteroatoms. The summed E-state index contributed by atoms with van der Waals surface area (Å²) in [6, 6.07) is 13.1. The Morgan fingerprint density at radius 3 is 1.31 bits per heavy atom. The van der Waals surface area contributed by atoms with Crippen LogP contribution in [0.1, 0.15) is 22.3 Å². The molecule has 0 spiro atoms. The third-order valence-corrected chi connectivity index (χ3v) is 8.24. The molecule has 2 aromatic heterocycles. The Morgan fingerprint density at radius 1 is 0.685 bits per heavy atom. The Morgan fingerprint density at radius 2 is 1.04 bits per heavy atom. The molecular formula is C36H46N6O12. The maximum atomic E-state index is 11.1. The fourth-order valence-electron chi connectivity index (χ4n) is 5.53. The summed E-state index contributed by atoms with van der Waals surface area (Å²) < 4.78 is 9.88. The summed E-state index contributed by atoms with van der Waals surface area (Å²) in [6.45, 7) is 3.15. The van der Waals surface area contributed by atoms with Crippen molar-refractivity contribution in [2.24, 2.45) is 0 Å². The zero-order valence-corrected chi connectivity index (χ0v) is 30.4. The van der Waals surface area contributed by atoms with Gasteiger partial charge in [-0.05, 0) is 59.4 Å². The van der Waals surface area contributed by atoms with E-state index in [0.717, 1.165) is 38.8 Å². The minimum Gasteiger partial charge on any atom is -0.539 e. The molecule has 2 atom stereocenters. The number of fused-ring (bicyclic) bond motifs is 2.